The molecule has 0 aliphatic heterocycles. The maximum absolute atomic E-state index is 11.8. The van der Waals surface area contributed by atoms with Crippen LogP contribution in [0.15, 0.2) is 12.2 Å². The van der Waals surface area contributed by atoms with Crippen LogP contribution < -0.4 is 4.89 Å². The molecular weight excluding hydrogens is 481 g/mol. The first-order chi connectivity index (χ1) is 17.1. The maximum Gasteiger partial charge on any atom is 0.305 e. The van der Waals surface area contributed by atoms with Crippen LogP contribution >= 0.6 is 7.82 Å². The summed E-state index contributed by atoms with van der Waals surface area (Å²) in [5, 5.41) is 9.80. The summed E-state index contributed by atoms with van der Waals surface area (Å²) in [7, 11) is 1.25. The molecule has 2 atom stereocenters. The molecular formula is C27H54NO7P. The molecule has 0 spiro atoms. The highest BCUT2D eigenvalue weighted by molar-refractivity contribution is 7.45. The molecule has 0 aliphatic carbocycles. The zero-order valence-corrected chi connectivity index (χ0v) is 24.4. The normalized spacial score (nSPS) is 14.7. The Bertz CT molecular complexity index is 607. The fourth-order valence-electron chi connectivity index (χ4n) is 3.47. The largest absolute Gasteiger partial charge is 0.756 e. The van der Waals surface area contributed by atoms with Gasteiger partial charge in [0.05, 0.1) is 27.7 Å². The van der Waals surface area contributed by atoms with Gasteiger partial charge in [-0.15, -0.1) is 0 Å². The number of quaternary nitrogens is 1. The third kappa shape index (κ3) is 26.3. The van der Waals surface area contributed by atoms with E-state index in [0.717, 1.165) is 32.1 Å². The molecule has 36 heavy (non-hydrogen) atoms. The van der Waals surface area contributed by atoms with Gasteiger partial charge in [-0.1, -0.05) is 76.9 Å². The minimum Gasteiger partial charge on any atom is -0.756 e. The van der Waals surface area contributed by atoms with E-state index < -0.39 is 26.5 Å². The molecule has 9 heteroatoms. The van der Waals surface area contributed by atoms with Crippen LogP contribution in [0.2, 0.25) is 0 Å². The smallest absolute Gasteiger partial charge is 0.305 e. The highest BCUT2D eigenvalue weighted by Crippen LogP contribution is 2.38. The molecule has 0 rings (SSSR count). The van der Waals surface area contributed by atoms with Gasteiger partial charge in [0, 0.05) is 6.42 Å². The Balaban J connectivity index is 3.57. The number of ether oxygens (including phenoxy) is 1. The number of unbranched alkanes of at least 4 members (excludes halogenated alkanes) is 12. The number of carbonyl (C=O) groups is 1. The average molecular weight is 536 g/mol. The predicted molar refractivity (Wildman–Crippen MR) is 143 cm³/mol. The molecule has 214 valence electrons. The quantitative estimate of drug-likeness (QED) is 0.0539. The number of nitrogens with zero attached hydrogens (tertiary/aromatic N) is 1. The van der Waals surface area contributed by atoms with Gasteiger partial charge in [0.2, 0.25) is 0 Å². The lowest BCUT2D eigenvalue weighted by atomic mass is 10.1. The topological polar surface area (TPSA) is 105 Å². The summed E-state index contributed by atoms with van der Waals surface area (Å²) in [5.74, 6) is -0.396. The second-order valence-corrected chi connectivity index (χ2v) is 12.0. The Morgan fingerprint density at radius 3 is 1.94 bits per heavy atom. The Hall–Kier alpha value is -0.760. The van der Waals surface area contributed by atoms with Gasteiger partial charge in [-0.2, -0.15) is 0 Å². The minimum atomic E-state index is -4.49. The van der Waals surface area contributed by atoms with E-state index in [9.17, 15) is 19.4 Å². The number of esters is 1. The molecule has 1 unspecified atom stereocenters. The first-order valence-corrected chi connectivity index (χ1v) is 15.4. The number of rotatable bonds is 25. The molecule has 0 aromatic rings. The fourth-order valence-corrected chi connectivity index (χ4v) is 4.20. The van der Waals surface area contributed by atoms with Crippen molar-refractivity contribution in [3.8, 4) is 0 Å². The van der Waals surface area contributed by atoms with E-state index in [1.165, 1.54) is 57.8 Å². The summed E-state index contributed by atoms with van der Waals surface area (Å²) in [5.41, 5.74) is 0. The van der Waals surface area contributed by atoms with Crippen LogP contribution in [0, 0.1) is 0 Å². The van der Waals surface area contributed by atoms with Gasteiger partial charge < -0.3 is 28.3 Å². The molecule has 0 saturated heterocycles. The highest BCUT2D eigenvalue weighted by Gasteiger charge is 2.16. The van der Waals surface area contributed by atoms with Gasteiger partial charge >= 0.3 is 5.97 Å². The molecule has 0 heterocycles. The third-order valence-corrected chi connectivity index (χ3v) is 6.73. The molecule has 0 amide bonds. The Labute approximate surface area is 220 Å². The van der Waals surface area contributed by atoms with Crippen molar-refractivity contribution in [2.45, 2.75) is 109 Å². The van der Waals surface area contributed by atoms with Crippen molar-refractivity contribution in [1.29, 1.82) is 0 Å². The summed E-state index contributed by atoms with van der Waals surface area (Å²) in [6.07, 6.45) is 20.6. The second-order valence-electron chi connectivity index (χ2n) is 10.6. The highest BCUT2D eigenvalue weighted by atomic mass is 31.2. The number of likely N-dealkylation sites (N-methyl/N-ethyl adjacent to an activating group) is 1. The Morgan fingerprint density at radius 1 is 0.861 bits per heavy atom. The summed E-state index contributed by atoms with van der Waals surface area (Å²) in [4.78, 5) is 23.5. The van der Waals surface area contributed by atoms with Crippen LogP contribution in [0.25, 0.3) is 0 Å². The van der Waals surface area contributed by atoms with Gasteiger partial charge in [0.15, 0.2) is 0 Å². The molecule has 0 aromatic heterocycles. The summed E-state index contributed by atoms with van der Waals surface area (Å²) < 4.78 is 26.7. The fraction of sp³-hybridized carbons (Fsp3) is 0.889. The molecule has 0 fully saturated rings. The van der Waals surface area contributed by atoms with Gasteiger partial charge in [-0.25, -0.2) is 0 Å². The van der Waals surface area contributed by atoms with Crippen molar-refractivity contribution in [1.82, 2.24) is 0 Å². The maximum atomic E-state index is 11.8. The standard InChI is InChI=1S/C27H54NO7P/c1-5-6-7-8-9-10-11-12-13-14-15-16-17-18-19-20-21-27(30)33-24-26(29)25-35-36(31,32)34-23-22-28(2,3)4/h13-14,26,29H,5-12,15-25H2,1-4H3/b14-13+/t26-/m1/s1. The van der Waals surface area contributed by atoms with Gasteiger partial charge in [-0.3, -0.25) is 9.36 Å². The van der Waals surface area contributed by atoms with Gasteiger partial charge in [-0.05, 0) is 32.1 Å². The molecule has 0 radical (unpaired) electrons. The van der Waals surface area contributed by atoms with Crippen molar-refractivity contribution < 1.29 is 37.6 Å². The van der Waals surface area contributed by atoms with Crippen molar-refractivity contribution in [3.05, 3.63) is 12.2 Å². The molecule has 0 bridgehead atoms. The Kier molecular flexibility index (Phi) is 21.8. The number of allylic oxidation sites excluding steroid dienone is 2. The SMILES string of the molecule is CCCCCCCCC/C=C/CCCCCCCC(=O)OC[C@@H](O)COP(=O)([O-])OCC[N+](C)(C)C. The van der Waals surface area contributed by atoms with Crippen LogP contribution in [0.4, 0.5) is 0 Å². The lowest BCUT2D eigenvalue weighted by Gasteiger charge is -2.27. The van der Waals surface area contributed by atoms with Crippen LogP contribution in [-0.4, -0.2) is 69.2 Å². The van der Waals surface area contributed by atoms with Crippen LogP contribution in [-0.2, 0) is 23.1 Å². The summed E-state index contributed by atoms with van der Waals surface area (Å²) in [6.45, 7) is 1.92. The minimum absolute atomic E-state index is 0.00856. The number of hydrogen-bond donors (Lipinski definition) is 1. The molecule has 0 aliphatic rings. The van der Waals surface area contributed by atoms with E-state index in [2.05, 4.69) is 23.6 Å². The van der Waals surface area contributed by atoms with Crippen LogP contribution in [0.1, 0.15) is 103 Å². The number of aliphatic hydroxyl groups excluding tert-OH is 1. The third-order valence-electron chi connectivity index (χ3n) is 5.77. The number of carbonyl (C=O) groups excluding carboxylic acids is 1. The van der Waals surface area contributed by atoms with Gasteiger partial charge in [0.1, 0.15) is 25.9 Å². The van der Waals surface area contributed by atoms with E-state index in [1.54, 1.807) is 0 Å². The first kappa shape index (κ1) is 35.2. The van der Waals surface area contributed by atoms with Crippen molar-refractivity contribution in [3.63, 3.8) is 0 Å². The van der Waals surface area contributed by atoms with Crippen LogP contribution in [0.5, 0.6) is 0 Å². The van der Waals surface area contributed by atoms with E-state index >= 15 is 0 Å². The zero-order chi connectivity index (χ0) is 27.1. The van der Waals surface area contributed by atoms with Crippen LogP contribution in [0.3, 0.4) is 0 Å². The van der Waals surface area contributed by atoms with E-state index in [4.69, 9.17) is 9.26 Å². The lowest BCUT2D eigenvalue weighted by molar-refractivity contribution is -0.870. The molecule has 0 saturated carbocycles. The number of phosphoric ester groups is 1. The Morgan fingerprint density at radius 2 is 1.39 bits per heavy atom. The van der Waals surface area contributed by atoms with E-state index in [0.29, 0.717) is 17.4 Å². The van der Waals surface area contributed by atoms with Gasteiger partial charge in [0.25, 0.3) is 7.82 Å². The summed E-state index contributed by atoms with van der Waals surface area (Å²) >= 11 is 0. The van der Waals surface area contributed by atoms with E-state index in [1.807, 2.05) is 21.1 Å². The monoisotopic (exact) mass is 535 g/mol. The number of phosphoric acid groups is 1. The summed E-state index contributed by atoms with van der Waals surface area (Å²) in [6, 6.07) is 0. The second kappa shape index (κ2) is 22.2. The average Bonchev–Trinajstić information content (AvgIpc) is 2.80. The van der Waals surface area contributed by atoms with E-state index in [-0.39, 0.29) is 13.2 Å². The zero-order valence-electron chi connectivity index (χ0n) is 23.5. The number of hydrogen-bond acceptors (Lipinski definition) is 7. The lowest BCUT2D eigenvalue weighted by Crippen LogP contribution is -2.37. The molecule has 8 nitrogen and oxygen atoms in total. The van der Waals surface area contributed by atoms with Crippen molar-refractivity contribution >= 4 is 13.8 Å². The molecule has 1 N–H and O–H groups in total. The molecule has 0 aromatic carbocycles. The number of aliphatic hydroxyl groups is 1. The van der Waals surface area contributed by atoms with Crippen molar-refractivity contribution in [2.75, 3.05) is 47.5 Å². The van der Waals surface area contributed by atoms with Crippen molar-refractivity contribution in [2.24, 2.45) is 0 Å². The first-order valence-electron chi connectivity index (χ1n) is 13.9. The predicted octanol–water partition coefficient (Wildman–Crippen LogP) is 5.53.